The first-order valence-corrected chi connectivity index (χ1v) is 10.9. The molecule has 1 heterocycles. The van der Waals surface area contributed by atoms with E-state index in [1.54, 1.807) is 30.3 Å². The number of hydrogen-bond donors (Lipinski definition) is 6. The molecule has 186 valence electrons. The number of aliphatic hydroxyl groups excluding tert-OH is 1. The van der Waals surface area contributed by atoms with E-state index in [-0.39, 0.29) is 23.1 Å². The molecule has 0 radical (unpaired) electrons. The molecule has 12 heteroatoms. The highest BCUT2D eigenvalue weighted by atomic mass is 16.3. The highest BCUT2D eigenvalue weighted by molar-refractivity contribution is 6.05. The van der Waals surface area contributed by atoms with Crippen molar-refractivity contribution < 1.29 is 19.5 Å². The second-order valence-corrected chi connectivity index (χ2v) is 7.87. The van der Waals surface area contributed by atoms with Gasteiger partial charge < -0.3 is 31.4 Å². The first-order valence-electron chi connectivity index (χ1n) is 10.9. The predicted octanol–water partition coefficient (Wildman–Crippen LogP) is 3.72. The number of primary amides is 1. The Hall–Kier alpha value is -5.52. The minimum atomic E-state index is -0.709. The van der Waals surface area contributed by atoms with Crippen LogP contribution in [-0.2, 0) is 4.79 Å². The highest BCUT2D eigenvalue weighted by Crippen LogP contribution is 2.20. The number of nitrogens with zero attached hydrogens (tertiary/aromatic N) is 2. The van der Waals surface area contributed by atoms with Crippen LogP contribution in [0, 0.1) is 0 Å². The van der Waals surface area contributed by atoms with Crippen LogP contribution in [0.4, 0.5) is 17.1 Å². The molecule has 0 saturated heterocycles. The van der Waals surface area contributed by atoms with E-state index in [0.29, 0.717) is 39.2 Å². The molecular weight excluding hydrogens is 478 g/mol. The molecule has 1 aromatic heterocycles. The number of H-pyrrole nitrogens is 2. The molecular formula is C25H21N7O5. The van der Waals surface area contributed by atoms with E-state index in [1.807, 2.05) is 0 Å². The Bertz CT molecular complexity index is 1610. The van der Waals surface area contributed by atoms with E-state index in [0.717, 1.165) is 0 Å². The van der Waals surface area contributed by atoms with Crippen molar-refractivity contribution in [3.05, 3.63) is 99.8 Å². The van der Waals surface area contributed by atoms with Crippen LogP contribution in [-0.4, -0.2) is 32.8 Å². The average molecular weight is 499 g/mol. The number of azo groups is 1. The van der Waals surface area contributed by atoms with Crippen molar-refractivity contribution in [3.63, 3.8) is 0 Å². The molecule has 4 rings (SSSR count). The Morgan fingerprint density at radius 3 is 2.11 bits per heavy atom. The summed E-state index contributed by atoms with van der Waals surface area (Å²) in [4.78, 5) is 52.9. The molecule has 0 aliphatic heterocycles. The van der Waals surface area contributed by atoms with Gasteiger partial charge in [0.25, 0.3) is 11.8 Å². The highest BCUT2D eigenvalue weighted by Gasteiger charge is 2.14. The minimum Gasteiger partial charge on any atom is -0.510 e. The Balaban J connectivity index is 1.42. The predicted molar refractivity (Wildman–Crippen MR) is 137 cm³/mol. The van der Waals surface area contributed by atoms with Gasteiger partial charge in [-0.1, -0.05) is 0 Å². The van der Waals surface area contributed by atoms with Crippen LogP contribution < -0.4 is 22.1 Å². The molecule has 12 nitrogen and oxygen atoms in total. The van der Waals surface area contributed by atoms with E-state index >= 15 is 0 Å². The number of allylic oxidation sites excluding steroid dienone is 1. The normalized spacial score (nSPS) is 11.8. The van der Waals surface area contributed by atoms with Crippen molar-refractivity contribution in [2.24, 2.45) is 16.0 Å². The van der Waals surface area contributed by atoms with Crippen molar-refractivity contribution in [2.45, 2.75) is 6.92 Å². The number of aromatic amines is 2. The van der Waals surface area contributed by atoms with Gasteiger partial charge in [-0.15, -0.1) is 5.11 Å². The van der Waals surface area contributed by atoms with Crippen LogP contribution in [0.5, 0.6) is 0 Å². The SMILES string of the molecule is C/C(O)=C(/N=Nc1ccc(C(=O)Nc2ccc(C(N)=O)cc2)cc1)C(=O)Nc1ccc2[nH]c(=O)[nH]c2c1. The van der Waals surface area contributed by atoms with Crippen LogP contribution in [0.2, 0.25) is 0 Å². The quantitative estimate of drug-likeness (QED) is 0.128. The maximum Gasteiger partial charge on any atom is 0.323 e. The number of carbonyl (C=O) groups is 3. The summed E-state index contributed by atoms with van der Waals surface area (Å²) in [5.74, 6) is -2.01. The molecule has 0 atom stereocenters. The standard InChI is InChI=1S/C25H21N7O5/c1-13(33)21(24(36)28-18-10-11-19-20(12-18)30-25(37)29-19)32-31-17-8-4-15(5-9-17)23(35)27-16-6-2-14(3-7-16)22(26)34/h2-12,33H,1H3,(H2,26,34)(H,27,35)(H,28,36)(H2,29,30,37)/b21-13-,32-31?. The van der Waals surface area contributed by atoms with E-state index in [9.17, 15) is 24.3 Å². The molecule has 0 spiro atoms. The van der Waals surface area contributed by atoms with Gasteiger partial charge in [-0.25, -0.2) is 4.79 Å². The molecule has 7 N–H and O–H groups in total. The van der Waals surface area contributed by atoms with Gasteiger partial charge in [0.2, 0.25) is 5.91 Å². The van der Waals surface area contributed by atoms with E-state index in [2.05, 4.69) is 30.8 Å². The van der Waals surface area contributed by atoms with E-state index in [1.165, 1.54) is 43.3 Å². The van der Waals surface area contributed by atoms with Crippen molar-refractivity contribution in [2.75, 3.05) is 10.6 Å². The van der Waals surface area contributed by atoms with Gasteiger partial charge >= 0.3 is 5.69 Å². The number of benzene rings is 3. The van der Waals surface area contributed by atoms with Crippen molar-refractivity contribution >= 4 is 45.8 Å². The van der Waals surface area contributed by atoms with Crippen LogP contribution in [0.25, 0.3) is 11.0 Å². The number of nitrogens with two attached hydrogens (primary N) is 1. The first kappa shape index (κ1) is 24.6. The monoisotopic (exact) mass is 499 g/mol. The molecule has 0 bridgehead atoms. The van der Waals surface area contributed by atoms with E-state index in [4.69, 9.17) is 5.73 Å². The number of hydrogen-bond acceptors (Lipinski definition) is 7. The Labute approximate surface area is 208 Å². The van der Waals surface area contributed by atoms with Gasteiger partial charge in [-0.2, -0.15) is 5.11 Å². The Morgan fingerprint density at radius 2 is 1.46 bits per heavy atom. The van der Waals surface area contributed by atoms with Crippen molar-refractivity contribution in [3.8, 4) is 0 Å². The fourth-order valence-electron chi connectivity index (χ4n) is 3.29. The fraction of sp³-hybridized carbons (Fsp3) is 0.0400. The lowest BCUT2D eigenvalue weighted by atomic mass is 10.1. The smallest absolute Gasteiger partial charge is 0.323 e. The molecule has 3 amide bonds. The second-order valence-electron chi connectivity index (χ2n) is 7.87. The summed E-state index contributed by atoms with van der Waals surface area (Å²) in [6, 6.07) is 17.0. The summed E-state index contributed by atoms with van der Waals surface area (Å²) >= 11 is 0. The van der Waals surface area contributed by atoms with Gasteiger partial charge in [-0.05, 0) is 73.7 Å². The lowest BCUT2D eigenvalue weighted by molar-refractivity contribution is -0.113. The number of aromatic nitrogens is 2. The number of aliphatic hydroxyl groups is 1. The molecule has 37 heavy (non-hydrogen) atoms. The maximum absolute atomic E-state index is 12.7. The largest absolute Gasteiger partial charge is 0.510 e. The number of fused-ring (bicyclic) bond motifs is 1. The zero-order valence-electron chi connectivity index (χ0n) is 19.4. The van der Waals surface area contributed by atoms with Crippen molar-refractivity contribution in [1.82, 2.24) is 9.97 Å². The van der Waals surface area contributed by atoms with Crippen LogP contribution in [0.15, 0.2) is 93.2 Å². The molecule has 0 saturated carbocycles. The number of imidazole rings is 1. The number of nitrogens with one attached hydrogen (secondary N) is 4. The lowest BCUT2D eigenvalue weighted by Gasteiger charge is -2.07. The van der Waals surface area contributed by atoms with E-state index < -0.39 is 11.8 Å². The minimum absolute atomic E-state index is 0.316. The molecule has 3 aromatic carbocycles. The number of anilines is 2. The molecule has 0 aliphatic rings. The summed E-state index contributed by atoms with van der Waals surface area (Å²) in [6.07, 6.45) is 0. The summed E-state index contributed by atoms with van der Waals surface area (Å²) in [7, 11) is 0. The summed E-state index contributed by atoms with van der Waals surface area (Å²) in [6.45, 7) is 1.30. The average Bonchev–Trinajstić information content (AvgIpc) is 3.24. The zero-order chi connectivity index (χ0) is 26.5. The second kappa shape index (κ2) is 10.4. The van der Waals surface area contributed by atoms with Gasteiger partial charge in [0, 0.05) is 22.5 Å². The topological polar surface area (TPSA) is 195 Å². The number of carbonyl (C=O) groups excluding carboxylic acids is 3. The summed E-state index contributed by atoms with van der Waals surface area (Å²) < 4.78 is 0. The maximum atomic E-state index is 12.7. The fourth-order valence-corrected chi connectivity index (χ4v) is 3.29. The molecule has 4 aromatic rings. The first-order chi connectivity index (χ1) is 17.7. The lowest BCUT2D eigenvalue weighted by Crippen LogP contribution is -2.14. The zero-order valence-corrected chi connectivity index (χ0v) is 19.4. The van der Waals surface area contributed by atoms with Gasteiger partial charge in [0.15, 0.2) is 5.70 Å². The molecule has 0 fully saturated rings. The third kappa shape index (κ3) is 5.95. The van der Waals surface area contributed by atoms with Gasteiger partial charge in [-0.3, -0.25) is 14.4 Å². The third-order valence-electron chi connectivity index (χ3n) is 5.15. The van der Waals surface area contributed by atoms with Crippen LogP contribution in [0.3, 0.4) is 0 Å². The third-order valence-corrected chi connectivity index (χ3v) is 5.15. The summed E-state index contributed by atoms with van der Waals surface area (Å²) in [5, 5.41) is 23.1. The molecule has 0 aliphatic carbocycles. The van der Waals surface area contributed by atoms with Gasteiger partial charge in [0.1, 0.15) is 5.76 Å². The van der Waals surface area contributed by atoms with Crippen LogP contribution >= 0.6 is 0 Å². The summed E-state index contributed by atoms with van der Waals surface area (Å²) in [5.41, 5.74) is 7.46. The van der Waals surface area contributed by atoms with Crippen molar-refractivity contribution in [1.29, 1.82) is 0 Å². The Kier molecular flexibility index (Phi) is 6.91. The Morgan fingerprint density at radius 1 is 0.838 bits per heavy atom. The number of rotatable bonds is 7. The molecule has 0 unspecified atom stereocenters. The van der Waals surface area contributed by atoms with Gasteiger partial charge in [0.05, 0.1) is 16.7 Å². The number of amides is 3. The van der Waals surface area contributed by atoms with Crippen LogP contribution in [0.1, 0.15) is 27.6 Å².